The van der Waals surface area contributed by atoms with Crippen molar-refractivity contribution >= 4 is 29.7 Å². The molecule has 0 bridgehead atoms. The van der Waals surface area contributed by atoms with Crippen LogP contribution in [0.15, 0.2) is 16.5 Å². The van der Waals surface area contributed by atoms with Crippen LogP contribution >= 0.6 is 0 Å². The van der Waals surface area contributed by atoms with Crippen LogP contribution in [0.3, 0.4) is 0 Å². The molecule has 0 spiro atoms. The minimum absolute atomic E-state index is 0.117. The lowest BCUT2D eigenvalue weighted by atomic mass is 9.78. The molecule has 1 aromatic heterocycles. The fraction of sp³-hybridized carbons (Fsp3) is 0.500. The van der Waals surface area contributed by atoms with Crippen molar-refractivity contribution in [2.45, 2.75) is 52.4 Å². The van der Waals surface area contributed by atoms with Gasteiger partial charge in [-0.1, -0.05) is 0 Å². The highest BCUT2D eigenvalue weighted by Crippen LogP contribution is 2.37. The summed E-state index contributed by atoms with van der Waals surface area (Å²) >= 11 is 0. The molecule has 0 N–H and O–H groups in total. The number of aromatic nitrogens is 1. The lowest BCUT2D eigenvalue weighted by molar-refractivity contribution is -0.142. The number of fused-ring (bicyclic) bond motifs is 1. The molecule has 0 unspecified atom stereocenters. The second-order valence-electron chi connectivity index (χ2n) is 6.82. The van der Waals surface area contributed by atoms with Gasteiger partial charge in [-0.2, -0.15) is 0 Å². The third-order valence-electron chi connectivity index (χ3n) is 4.43. The van der Waals surface area contributed by atoms with Crippen LogP contribution in [0.1, 0.15) is 40.5 Å². The molecule has 1 saturated heterocycles. The van der Waals surface area contributed by atoms with Crippen molar-refractivity contribution in [3.8, 4) is 0 Å². The van der Waals surface area contributed by atoms with E-state index in [9.17, 15) is 9.18 Å². The summed E-state index contributed by atoms with van der Waals surface area (Å²) in [6.45, 7) is 8.82. The van der Waals surface area contributed by atoms with Crippen LogP contribution in [0.5, 0.6) is 0 Å². The Morgan fingerprint density at radius 3 is 2.46 bits per heavy atom. The topological polar surface area (TPSA) is 70.8 Å². The van der Waals surface area contributed by atoms with Gasteiger partial charge in [-0.05, 0) is 33.8 Å². The van der Waals surface area contributed by atoms with Crippen molar-refractivity contribution < 1.29 is 27.6 Å². The Balaban J connectivity index is 2.00. The van der Waals surface area contributed by atoms with Gasteiger partial charge in [0.15, 0.2) is 12.2 Å². The molecule has 0 atom stereocenters. The molecule has 8 heteroatoms. The smallest absolute Gasteiger partial charge is 0.456 e. The molecule has 1 aliphatic heterocycles. The first-order chi connectivity index (χ1) is 11.1. The fourth-order valence-corrected chi connectivity index (χ4v) is 2.44. The van der Waals surface area contributed by atoms with Gasteiger partial charge in [-0.25, -0.2) is 9.37 Å². The Morgan fingerprint density at radius 2 is 1.88 bits per heavy atom. The summed E-state index contributed by atoms with van der Waals surface area (Å²) in [7, 11) is -0.775. The van der Waals surface area contributed by atoms with E-state index in [2.05, 4.69) is 4.98 Å². The number of hydrogen-bond acceptors (Lipinski definition) is 6. The monoisotopic (exact) mass is 335 g/mol. The second kappa shape index (κ2) is 5.56. The zero-order chi connectivity index (χ0) is 17.7. The average molecular weight is 335 g/mol. The molecule has 128 valence electrons. The number of nitrogens with zero attached hydrogens (tertiary/aromatic N) is 1. The molecule has 1 aromatic carbocycles. The van der Waals surface area contributed by atoms with E-state index in [4.69, 9.17) is 18.5 Å². The van der Waals surface area contributed by atoms with Crippen LogP contribution in [0.4, 0.5) is 4.39 Å². The van der Waals surface area contributed by atoms with E-state index >= 15 is 0 Å². The van der Waals surface area contributed by atoms with Crippen molar-refractivity contribution in [1.82, 2.24) is 4.98 Å². The third kappa shape index (κ3) is 2.91. The fourth-order valence-electron chi connectivity index (χ4n) is 2.44. The van der Waals surface area contributed by atoms with E-state index < -0.39 is 30.1 Å². The van der Waals surface area contributed by atoms with Crippen LogP contribution in [0.2, 0.25) is 0 Å². The highest BCUT2D eigenvalue weighted by atomic mass is 19.1. The zero-order valence-corrected chi connectivity index (χ0v) is 14.3. The van der Waals surface area contributed by atoms with E-state index in [1.165, 1.54) is 19.1 Å². The maximum atomic E-state index is 14.0. The lowest BCUT2D eigenvalue weighted by Gasteiger charge is -2.32. The first-order valence-electron chi connectivity index (χ1n) is 7.67. The largest absolute Gasteiger partial charge is 0.498 e. The normalized spacial score (nSPS) is 19.0. The number of carbonyl (C=O) groups is 1. The molecule has 0 saturated carbocycles. The van der Waals surface area contributed by atoms with Crippen LogP contribution in [-0.4, -0.2) is 29.3 Å². The van der Waals surface area contributed by atoms with Crippen LogP contribution < -0.4 is 5.46 Å². The number of hydrogen-bond donors (Lipinski definition) is 0. The summed E-state index contributed by atoms with van der Waals surface area (Å²) in [6.07, 6.45) is 0. The quantitative estimate of drug-likeness (QED) is 0.633. The Bertz CT molecular complexity index is 785. The second-order valence-corrected chi connectivity index (χ2v) is 6.82. The minimum Gasteiger partial charge on any atom is -0.456 e. The van der Waals surface area contributed by atoms with Gasteiger partial charge in [0, 0.05) is 18.5 Å². The Hall–Kier alpha value is -1.93. The van der Waals surface area contributed by atoms with E-state index in [1.54, 1.807) is 0 Å². The summed E-state index contributed by atoms with van der Waals surface area (Å²) in [5.74, 6) is -0.738. The molecule has 2 aromatic rings. The first-order valence-corrected chi connectivity index (χ1v) is 7.67. The van der Waals surface area contributed by atoms with Gasteiger partial charge >= 0.3 is 13.1 Å². The van der Waals surface area contributed by atoms with Crippen molar-refractivity contribution in [1.29, 1.82) is 0 Å². The van der Waals surface area contributed by atoms with Gasteiger partial charge in [-0.15, -0.1) is 0 Å². The van der Waals surface area contributed by atoms with Crippen molar-refractivity contribution in [3.05, 3.63) is 23.8 Å². The van der Waals surface area contributed by atoms with E-state index in [1.807, 2.05) is 27.7 Å². The van der Waals surface area contributed by atoms with Crippen LogP contribution in [0.25, 0.3) is 11.1 Å². The Kier molecular flexibility index (Phi) is 3.92. The number of esters is 1. The lowest BCUT2D eigenvalue weighted by Crippen LogP contribution is -2.41. The van der Waals surface area contributed by atoms with Gasteiger partial charge in [0.25, 0.3) is 0 Å². The van der Waals surface area contributed by atoms with Gasteiger partial charge in [-0.3, -0.25) is 4.79 Å². The Morgan fingerprint density at radius 1 is 1.25 bits per heavy atom. The summed E-state index contributed by atoms with van der Waals surface area (Å²) < 4.78 is 36.4. The highest BCUT2D eigenvalue weighted by molar-refractivity contribution is 6.64. The summed E-state index contributed by atoms with van der Waals surface area (Å²) in [6, 6.07) is 2.57. The van der Waals surface area contributed by atoms with E-state index in [0.29, 0.717) is 16.6 Å². The van der Waals surface area contributed by atoms with Crippen LogP contribution in [0, 0.1) is 5.82 Å². The van der Waals surface area contributed by atoms with Gasteiger partial charge < -0.3 is 18.5 Å². The standard InChI is InChI=1S/C16H19BFNO5/c1-9(20)21-8-13-19-12-7-10(18)6-11(14(12)22-13)17-23-15(2,3)16(4,5)24-17/h6-7H,8H2,1-5H3. The van der Waals surface area contributed by atoms with Crippen LogP contribution in [-0.2, 0) is 25.4 Å². The number of ether oxygens (including phenoxy) is 1. The SMILES string of the molecule is CC(=O)OCc1nc2cc(F)cc(B3OC(C)(C)C(C)(C)O3)c2o1. The van der Waals surface area contributed by atoms with Gasteiger partial charge in [0.05, 0.1) is 11.2 Å². The molecular formula is C16H19BFNO5. The van der Waals surface area contributed by atoms with Crippen molar-refractivity contribution in [2.24, 2.45) is 0 Å². The first kappa shape index (κ1) is 16.9. The number of benzene rings is 1. The van der Waals surface area contributed by atoms with Gasteiger partial charge in [0.2, 0.25) is 5.89 Å². The molecule has 0 aliphatic carbocycles. The molecule has 2 heterocycles. The number of carbonyl (C=O) groups excluding carboxylic acids is 1. The summed E-state index contributed by atoms with van der Waals surface area (Å²) in [4.78, 5) is 15.1. The predicted octanol–water partition coefficient (Wildman–Crippen LogP) is 2.33. The van der Waals surface area contributed by atoms with Crippen molar-refractivity contribution in [2.75, 3.05) is 0 Å². The molecular weight excluding hydrogens is 316 g/mol. The van der Waals surface area contributed by atoms with E-state index in [0.717, 1.165) is 0 Å². The maximum absolute atomic E-state index is 14.0. The number of oxazole rings is 1. The number of rotatable bonds is 3. The average Bonchev–Trinajstić information content (AvgIpc) is 2.94. The third-order valence-corrected chi connectivity index (χ3v) is 4.43. The minimum atomic E-state index is -0.775. The molecule has 24 heavy (non-hydrogen) atoms. The molecule has 6 nitrogen and oxygen atoms in total. The predicted molar refractivity (Wildman–Crippen MR) is 85.2 cm³/mol. The molecule has 1 aliphatic rings. The molecule has 0 radical (unpaired) electrons. The Labute approximate surface area is 139 Å². The molecule has 3 rings (SSSR count). The van der Waals surface area contributed by atoms with Crippen molar-refractivity contribution in [3.63, 3.8) is 0 Å². The molecule has 1 fully saturated rings. The van der Waals surface area contributed by atoms with Gasteiger partial charge in [0.1, 0.15) is 11.3 Å². The maximum Gasteiger partial charge on any atom is 0.498 e. The summed E-state index contributed by atoms with van der Waals surface area (Å²) in [5.41, 5.74) is -0.0162. The number of halogens is 1. The van der Waals surface area contributed by atoms with E-state index in [-0.39, 0.29) is 12.5 Å². The summed E-state index contributed by atoms with van der Waals surface area (Å²) in [5, 5.41) is 0. The molecule has 0 amide bonds. The highest BCUT2D eigenvalue weighted by Gasteiger charge is 2.52. The zero-order valence-electron chi connectivity index (χ0n) is 14.3.